The van der Waals surface area contributed by atoms with Crippen LogP contribution in [0.2, 0.25) is 0 Å². The molecule has 0 saturated carbocycles. The molecule has 0 aromatic carbocycles. The molecule has 0 N–H and O–H groups in total. The Kier molecular flexibility index (Phi) is 3.22. The van der Waals surface area contributed by atoms with E-state index in [1.165, 1.54) is 0 Å². The largest absolute Gasteiger partial charge is 0.246 e. The standard InChI is InChI=1S/C11H12N2/c1-9(2)3-4-10-5-6-13-11(7-10)8-12/h5-7H,1,3-4H2,2H3. The van der Waals surface area contributed by atoms with E-state index in [-0.39, 0.29) is 0 Å². The normalized spacial score (nSPS) is 9.23. The fourth-order valence-corrected chi connectivity index (χ4v) is 1.05. The number of allylic oxidation sites excluding steroid dienone is 1. The van der Waals surface area contributed by atoms with Crippen molar-refractivity contribution in [2.75, 3.05) is 0 Å². The summed E-state index contributed by atoms with van der Waals surface area (Å²) in [5.74, 6) is 0. The van der Waals surface area contributed by atoms with Gasteiger partial charge >= 0.3 is 0 Å². The van der Waals surface area contributed by atoms with E-state index < -0.39 is 0 Å². The molecule has 0 aliphatic heterocycles. The molecule has 0 amide bonds. The molecular weight excluding hydrogens is 160 g/mol. The van der Waals surface area contributed by atoms with Crippen LogP contribution in [0.4, 0.5) is 0 Å². The molecule has 1 aromatic rings. The zero-order valence-electron chi connectivity index (χ0n) is 7.75. The Morgan fingerprint density at radius 1 is 1.69 bits per heavy atom. The monoisotopic (exact) mass is 172 g/mol. The summed E-state index contributed by atoms with van der Waals surface area (Å²) in [7, 11) is 0. The number of aryl methyl sites for hydroxylation is 1. The fraction of sp³-hybridized carbons (Fsp3) is 0.273. The SMILES string of the molecule is C=C(C)CCc1ccnc(C#N)c1. The van der Waals surface area contributed by atoms with Gasteiger partial charge in [0.15, 0.2) is 0 Å². The summed E-state index contributed by atoms with van der Waals surface area (Å²) < 4.78 is 0. The van der Waals surface area contributed by atoms with Crippen LogP contribution in [0.3, 0.4) is 0 Å². The highest BCUT2D eigenvalue weighted by molar-refractivity contribution is 5.25. The number of nitriles is 1. The number of hydrogen-bond donors (Lipinski definition) is 0. The van der Waals surface area contributed by atoms with Crippen molar-refractivity contribution in [1.29, 1.82) is 5.26 Å². The van der Waals surface area contributed by atoms with Crippen LogP contribution >= 0.6 is 0 Å². The number of rotatable bonds is 3. The lowest BCUT2D eigenvalue weighted by Gasteiger charge is -2.00. The van der Waals surface area contributed by atoms with Crippen molar-refractivity contribution in [2.24, 2.45) is 0 Å². The molecule has 2 nitrogen and oxygen atoms in total. The summed E-state index contributed by atoms with van der Waals surface area (Å²) in [5.41, 5.74) is 2.80. The summed E-state index contributed by atoms with van der Waals surface area (Å²) in [6.45, 7) is 5.84. The molecule has 1 rings (SSSR count). The van der Waals surface area contributed by atoms with E-state index in [4.69, 9.17) is 5.26 Å². The molecule has 66 valence electrons. The third-order valence-electron chi connectivity index (χ3n) is 1.78. The molecule has 1 aromatic heterocycles. The zero-order valence-corrected chi connectivity index (χ0v) is 7.75. The van der Waals surface area contributed by atoms with Crippen LogP contribution < -0.4 is 0 Å². The second kappa shape index (κ2) is 4.42. The van der Waals surface area contributed by atoms with Crippen molar-refractivity contribution in [3.05, 3.63) is 41.7 Å². The zero-order chi connectivity index (χ0) is 9.68. The second-order valence-corrected chi connectivity index (χ2v) is 3.12. The van der Waals surface area contributed by atoms with E-state index in [0.29, 0.717) is 5.69 Å². The molecule has 0 fully saturated rings. The molecule has 1 heterocycles. The van der Waals surface area contributed by atoms with Gasteiger partial charge < -0.3 is 0 Å². The Morgan fingerprint density at radius 3 is 3.08 bits per heavy atom. The minimum atomic E-state index is 0.485. The van der Waals surface area contributed by atoms with E-state index in [0.717, 1.165) is 24.0 Å². The Balaban J connectivity index is 2.68. The molecule has 0 aliphatic rings. The quantitative estimate of drug-likeness (QED) is 0.657. The predicted octanol–water partition coefficient (Wildman–Crippen LogP) is 2.46. The van der Waals surface area contributed by atoms with Gasteiger partial charge in [0.05, 0.1) is 0 Å². The molecule has 0 saturated heterocycles. The number of nitrogens with zero attached hydrogens (tertiary/aromatic N) is 2. The van der Waals surface area contributed by atoms with Crippen molar-refractivity contribution in [3.8, 4) is 6.07 Å². The summed E-state index contributed by atoms with van der Waals surface area (Å²) >= 11 is 0. The predicted molar refractivity (Wildman–Crippen MR) is 52.1 cm³/mol. The highest BCUT2D eigenvalue weighted by Gasteiger charge is 1.96. The van der Waals surface area contributed by atoms with Crippen molar-refractivity contribution in [2.45, 2.75) is 19.8 Å². The second-order valence-electron chi connectivity index (χ2n) is 3.12. The van der Waals surface area contributed by atoms with Gasteiger partial charge in [-0.3, -0.25) is 0 Å². The van der Waals surface area contributed by atoms with Gasteiger partial charge in [-0.2, -0.15) is 5.26 Å². The molecule has 0 atom stereocenters. The average Bonchev–Trinajstić information content (AvgIpc) is 2.15. The first-order valence-corrected chi connectivity index (χ1v) is 4.22. The first-order valence-electron chi connectivity index (χ1n) is 4.22. The number of pyridine rings is 1. The smallest absolute Gasteiger partial charge is 0.140 e. The molecule has 13 heavy (non-hydrogen) atoms. The van der Waals surface area contributed by atoms with Crippen LogP contribution in [-0.2, 0) is 6.42 Å². The maximum atomic E-state index is 8.61. The lowest BCUT2D eigenvalue weighted by Crippen LogP contribution is -1.89. The Morgan fingerprint density at radius 2 is 2.46 bits per heavy atom. The molecular formula is C11H12N2. The summed E-state index contributed by atoms with van der Waals surface area (Å²) in [4.78, 5) is 3.90. The van der Waals surface area contributed by atoms with Crippen LogP contribution in [0.25, 0.3) is 0 Å². The van der Waals surface area contributed by atoms with Crippen LogP contribution in [0, 0.1) is 11.3 Å². The molecule has 0 unspecified atom stereocenters. The van der Waals surface area contributed by atoms with Crippen LogP contribution in [0.15, 0.2) is 30.5 Å². The Bertz CT molecular complexity index is 347. The Hall–Kier alpha value is -1.62. The van der Waals surface area contributed by atoms with E-state index in [9.17, 15) is 0 Å². The van der Waals surface area contributed by atoms with E-state index in [1.807, 2.05) is 25.1 Å². The van der Waals surface area contributed by atoms with Crippen LogP contribution in [0.5, 0.6) is 0 Å². The van der Waals surface area contributed by atoms with Crippen molar-refractivity contribution in [1.82, 2.24) is 4.98 Å². The average molecular weight is 172 g/mol. The fourth-order valence-electron chi connectivity index (χ4n) is 1.05. The van der Waals surface area contributed by atoms with Crippen LogP contribution in [0.1, 0.15) is 24.6 Å². The van der Waals surface area contributed by atoms with Crippen molar-refractivity contribution in [3.63, 3.8) is 0 Å². The minimum absolute atomic E-state index is 0.485. The maximum absolute atomic E-state index is 8.61. The van der Waals surface area contributed by atoms with Gasteiger partial charge in [-0.25, -0.2) is 4.98 Å². The van der Waals surface area contributed by atoms with Crippen molar-refractivity contribution < 1.29 is 0 Å². The maximum Gasteiger partial charge on any atom is 0.140 e. The number of hydrogen-bond acceptors (Lipinski definition) is 2. The van der Waals surface area contributed by atoms with Gasteiger partial charge in [-0.1, -0.05) is 5.57 Å². The highest BCUT2D eigenvalue weighted by Crippen LogP contribution is 2.07. The minimum Gasteiger partial charge on any atom is -0.246 e. The number of aromatic nitrogens is 1. The van der Waals surface area contributed by atoms with E-state index in [1.54, 1.807) is 6.20 Å². The third-order valence-corrected chi connectivity index (χ3v) is 1.78. The van der Waals surface area contributed by atoms with Gasteiger partial charge in [-0.15, -0.1) is 6.58 Å². The topological polar surface area (TPSA) is 36.7 Å². The first kappa shape index (κ1) is 9.47. The summed E-state index contributed by atoms with van der Waals surface area (Å²) in [6, 6.07) is 5.78. The summed E-state index contributed by atoms with van der Waals surface area (Å²) in [5, 5.41) is 8.61. The Labute approximate surface area is 78.5 Å². The highest BCUT2D eigenvalue weighted by atomic mass is 14.7. The lowest BCUT2D eigenvalue weighted by molar-refractivity contribution is 0.940. The lowest BCUT2D eigenvalue weighted by atomic mass is 10.1. The molecule has 0 bridgehead atoms. The molecule has 0 radical (unpaired) electrons. The molecule has 2 heteroatoms. The summed E-state index contributed by atoms with van der Waals surface area (Å²) in [6.07, 6.45) is 3.58. The van der Waals surface area contributed by atoms with Gasteiger partial charge in [0.25, 0.3) is 0 Å². The van der Waals surface area contributed by atoms with Gasteiger partial charge in [0, 0.05) is 6.20 Å². The third kappa shape index (κ3) is 3.08. The molecule has 0 aliphatic carbocycles. The van der Waals surface area contributed by atoms with Gasteiger partial charge in [0.2, 0.25) is 0 Å². The molecule has 0 spiro atoms. The first-order chi connectivity index (χ1) is 6.22. The van der Waals surface area contributed by atoms with E-state index in [2.05, 4.69) is 11.6 Å². The van der Waals surface area contributed by atoms with Gasteiger partial charge in [-0.05, 0) is 37.5 Å². The van der Waals surface area contributed by atoms with Gasteiger partial charge in [0.1, 0.15) is 11.8 Å². The van der Waals surface area contributed by atoms with Crippen LogP contribution in [-0.4, -0.2) is 4.98 Å². The van der Waals surface area contributed by atoms with Crippen molar-refractivity contribution >= 4 is 0 Å². The van der Waals surface area contributed by atoms with E-state index >= 15 is 0 Å².